The highest BCUT2D eigenvalue weighted by Gasteiger charge is 2.64. The molecular weight excluding hydrogens is 311 g/mol. The Hall–Kier alpha value is -0.980. The van der Waals surface area contributed by atoms with Crippen LogP contribution in [0.15, 0.2) is 0 Å². The number of rotatable bonds is 1. The van der Waals surface area contributed by atoms with Crippen LogP contribution in [0.4, 0.5) is 18.0 Å². The first kappa shape index (κ1) is 20.1. The number of ether oxygens (including phenoxy) is 1. The number of amides is 1. The van der Waals surface area contributed by atoms with Crippen molar-refractivity contribution in [1.82, 2.24) is 4.90 Å². The molecule has 0 aromatic heterocycles. The van der Waals surface area contributed by atoms with Crippen LogP contribution in [0.3, 0.4) is 0 Å². The van der Waals surface area contributed by atoms with E-state index in [-0.39, 0.29) is 13.0 Å². The van der Waals surface area contributed by atoms with E-state index in [0.29, 0.717) is 13.0 Å². The van der Waals surface area contributed by atoms with Crippen LogP contribution in [0.1, 0.15) is 54.4 Å². The van der Waals surface area contributed by atoms with Crippen molar-refractivity contribution in [3.63, 3.8) is 0 Å². The predicted molar refractivity (Wildman–Crippen MR) is 81.0 cm³/mol. The fraction of sp³-hybridized carbons (Fsp3) is 0.938. The van der Waals surface area contributed by atoms with E-state index < -0.39 is 34.8 Å². The fourth-order valence-electron chi connectivity index (χ4n) is 3.08. The Labute approximate surface area is 136 Å². The van der Waals surface area contributed by atoms with Crippen LogP contribution in [0.2, 0.25) is 0 Å². The van der Waals surface area contributed by atoms with Crippen molar-refractivity contribution < 1.29 is 27.8 Å². The van der Waals surface area contributed by atoms with Gasteiger partial charge in [-0.3, -0.25) is 0 Å². The van der Waals surface area contributed by atoms with Crippen LogP contribution in [-0.4, -0.2) is 46.6 Å². The van der Waals surface area contributed by atoms with E-state index in [1.54, 1.807) is 20.8 Å². The molecule has 0 radical (unpaired) electrons. The Morgan fingerprint density at radius 1 is 1.13 bits per heavy atom. The summed E-state index contributed by atoms with van der Waals surface area (Å²) < 4.78 is 46.0. The van der Waals surface area contributed by atoms with E-state index in [0.717, 1.165) is 0 Å². The number of carbonyl (C=O) groups is 1. The molecule has 0 saturated carbocycles. The molecule has 1 aliphatic rings. The number of likely N-dealkylation sites (tertiary alicyclic amines) is 1. The van der Waals surface area contributed by atoms with Crippen molar-refractivity contribution in [3.8, 4) is 0 Å². The Bertz CT molecular complexity index is 421. The van der Waals surface area contributed by atoms with Gasteiger partial charge >= 0.3 is 12.3 Å². The second-order valence-electron chi connectivity index (χ2n) is 8.28. The lowest BCUT2D eigenvalue weighted by atomic mass is 9.66. The van der Waals surface area contributed by atoms with Gasteiger partial charge in [-0.05, 0) is 39.0 Å². The lowest BCUT2D eigenvalue weighted by Crippen LogP contribution is -2.63. The molecule has 0 aliphatic carbocycles. The second-order valence-corrected chi connectivity index (χ2v) is 8.28. The normalized spacial score (nSPS) is 23.4. The van der Waals surface area contributed by atoms with E-state index in [1.165, 1.54) is 25.7 Å². The zero-order valence-electron chi connectivity index (χ0n) is 14.8. The van der Waals surface area contributed by atoms with Crippen molar-refractivity contribution in [2.75, 3.05) is 13.1 Å². The van der Waals surface area contributed by atoms with Gasteiger partial charge < -0.3 is 14.7 Å². The second kappa shape index (κ2) is 6.15. The van der Waals surface area contributed by atoms with E-state index in [2.05, 4.69) is 0 Å². The van der Waals surface area contributed by atoms with Crippen LogP contribution in [0.25, 0.3) is 0 Å². The quantitative estimate of drug-likeness (QED) is 0.786. The average Bonchev–Trinajstić information content (AvgIpc) is 2.33. The minimum absolute atomic E-state index is 0.164. The van der Waals surface area contributed by atoms with Gasteiger partial charge in [0.1, 0.15) is 5.60 Å². The molecule has 0 spiro atoms. The molecule has 0 aromatic rings. The lowest BCUT2D eigenvalue weighted by Gasteiger charge is -2.49. The Balaban J connectivity index is 3.02. The molecule has 1 aliphatic heterocycles. The molecule has 1 rings (SSSR count). The molecular formula is C16H28F3NO3. The number of carbonyl (C=O) groups excluding carboxylic acids is 1. The number of halogens is 3. The monoisotopic (exact) mass is 339 g/mol. The molecule has 1 amide bonds. The molecule has 7 heteroatoms. The topological polar surface area (TPSA) is 49.8 Å². The van der Waals surface area contributed by atoms with Gasteiger partial charge in [0.2, 0.25) is 0 Å². The van der Waals surface area contributed by atoms with Gasteiger partial charge in [0.05, 0.1) is 0 Å². The van der Waals surface area contributed by atoms with Crippen LogP contribution in [-0.2, 0) is 4.74 Å². The average molecular weight is 339 g/mol. The summed E-state index contributed by atoms with van der Waals surface area (Å²) in [6.07, 6.45) is -4.79. The van der Waals surface area contributed by atoms with Gasteiger partial charge in [0, 0.05) is 19.0 Å². The number of piperidine rings is 1. The maximum Gasteiger partial charge on any atom is 0.418 e. The van der Waals surface area contributed by atoms with Crippen molar-refractivity contribution in [1.29, 1.82) is 0 Å². The molecule has 1 saturated heterocycles. The Morgan fingerprint density at radius 2 is 1.65 bits per heavy atom. The van der Waals surface area contributed by atoms with Gasteiger partial charge in [0.15, 0.2) is 5.60 Å². The smallest absolute Gasteiger partial charge is 0.418 e. The molecule has 0 bridgehead atoms. The highest BCUT2D eigenvalue weighted by Crippen LogP contribution is 2.50. The first-order valence-corrected chi connectivity index (χ1v) is 7.86. The van der Waals surface area contributed by atoms with Gasteiger partial charge in [-0.1, -0.05) is 20.8 Å². The molecule has 2 atom stereocenters. The highest BCUT2D eigenvalue weighted by atomic mass is 19.4. The zero-order chi connectivity index (χ0) is 18.3. The molecule has 1 fully saturated rings. The van der Waals surface area contributed by atoms with Gasteiger partial charge in [0.25, 0.3) is 0 Å². The molecule has 136 valence electrons. The maximum atomic E-state index is 13.6. The summed E-state index contributed by atoms with van der Waals surface area (Å²) in [4.78, 5) is 13.4. The summed E-state index contributed by atoms with van der Waals surface area (Å²) in [5, 5.41) is 10.5. The molecule has 23 heavy (non-hydrogen) atoms. The SMILES string of the molecule is CC(C)(C)OC(=O)N1CCC[C@@H]([C@](O)(C(C)(C)C)C(F)(F)F)C1. The molecule has 0 unspecified atom stereocenters. The molecule has 0 aromatic carbocycles. The number of alkyl halides is 3. The lowest BCUT2D eigenvalue weighted by molar-refractivity contribution is -0.318. The summed E-state index contributed by atoms with van der Waals surface area (Å²) in [7, 11) is 0. The summed E-state index contributed by atoms with van der Waals surface area (Å²) in [5.41, 5.74) is -4.97. The molecule has 1 N–H and O–H groups in total. The van der Waals surface area contributed by atoms with Crippen molar-refractivity contribution in [2.24, 2.45) is 11.3 Å². The highest BCUT2D eigenvalue weighted by molar-refractivity contribution is 5.68. The summed E-state index contributed by atoms with van der Waals surface area (Å²) in [6, 6.07) is 0. The molecule has 1 heterocycles. The maximum absolute atomic E-state index is 13.6. The van der Waals surface area contributed by atoms with Crippen LogP contribution in [0.5, 0.6) is 0 Å². The van der Waals surface area contributed by atoms with Gasteiger partial charge in [-0.2, -0.15) is 13.2 Å². The minimum atomic E-state index is -4.77. The number of aliphatic hydroxyl groups is 1. The van der Waals surface area contributed by atoms with Crippen LogP contribution < -0.4 is 0 Å². The first-order valence-electron chi connectivity index (χ1n) is 7.86. The van der Waals surface area contributed by atoms with Crippen molar-refractivity contribution in [3.05, 3.63) is 0 Å². The third kappa shape index (κ3) is 4.31. The standard InChI is InChI=1S/C16H28F3NO3/c1-13(2,3)15(22,16(17,18)19)11-8-7-9-20(10-11)12(21)23-14(4,5)6/h11,22H,7-10H2,1-6H3/t11-,15+/m1/s1. The Morgan fingerprint density at radius 3 is 2.04 bits per heavy atom. The third-order valence-corrected chi connectivity index (χ3v) is 4.24. The van der Waals surface area contributed by atoms with Crippen molar-refractivity contribution >= 4 is 6.09 Å². The fourth-order valence-corrected chi connectivity index (χ4v) is 3.08. The van der Waals surface area contributed by atoms with Crippen LogP contribution >= 0.6 is 0 Å². The largest absolute Gasteiger partial charge is 0.444 e. The number of hydrogen-bond donors (Lipinski definition) is 1. The van der Waals surface area contributed by atoms with E-state index in [1.807, 2.05) is 0 Å². The first-order chi connectivity index (χ1) is 10.1. The van der Waals surface area contributed by atoms with Gasteiger partial charge in [-0.15, -0.1) is 0 Å². The summed E-state index contributed by atoms with van der Waals surface area (Å²) in [5.74, 6) is -1.08. The number of nitrogens with zero attached hydrogens (tertiary/aromatic N) is 1. The van der Waals surface area contributed by atoms with Gasteiger partial charge in [-0.25, -0.2) is 4.79 Å². The molecule has 4 nitrogen and oxygen atoms in total. The predicted octanol–water partition coefficient (Wildman–Crippen LogP) is 3.97. The van der Waals surface area contributed by atoms with E-state index >= 15 is 0 Å². The van der Waals surface area contributed by atoms with Crippen molar-refractivity contribution in [2.45, 2.75) is 71.8 Å². The third-order valence-electron chi connectivity index (χ3n) is 4.24. The minimum Gasteiger partial charge on any atom is -0.444 e. The number of hydrogen-bond acceptors (Lipinski definition) is 3. The van der Waals surface area contributed by atoms with E-state index in [9.17, 15) is 23.1 Å². The summed E-state index contributed by atoms with van der Waals surface area (Å²) in [6.45, 7) is 9.38. The zero-order valence-corrected chi connectivity index (χ0v) is 14.8. The van der Waals surface area contributed by atoms with Crippen LogP contribution in [0, 0.1) is 11.3 Å². The van der Waals surface area contributed by atoms with E-state index in [4.69, 9.17) is 4.74 Å². The Kier molecular flexibility index (Phi) is 5.36. The summed E-state index contributed by atoms with van der Waals surface area (Å²) >= 11 is 0.